The Bertz CT molecular complexity index is 375. The van der Waals surface area contributed by atoms with Crippen LogP contribution in [0.2, 0.25) is 0 Å². The van der Waals surface area contributed by atoms with Crippen molar-refractivity contribution in [2.75, 3.05) is 0 Å². The van der Waals surface area contributed by atoms with Crippen molar-refractivity contribution in [1.29, 1.82) is 0 Å². The Morgan fingerprint density at radius 2 is 2.20 bits per heavy atom. The van der Waals surface area contributed by atoms with Crippen LogP contribution in [-0.2, 0) is 17.5 Å². The molecular weight excluding hydrogens is 281 g/mol. The molecule has 0 unspecified atom stereocenters. The van der Waals surface area contributed by atoms with E-state index in [9.17, 15) is 18.0 Å². The molecular formula is C7H6BrF3N2O2. The lowest BCUT2D eigenvalue weighted by atomic mass is 10.4. The second kappa shape index (κ2) is 4.21. The van der Waals surface area contributed by atoms with Crippen molar-refractivity contribution in [2.45, 2.75) is 19.1 Å². The SMILES string of the molecule is O=C(O)CCn1cc(Br)c(C(F)(F)F)n1. The second-order valence-electron chi connectivity index (χ2n) is 2.73. The van der Waals surface area contributed by atoms with Crippen LogP contribution in [0.15, 0.2) is 10.7 Å². The first kappa shape index (κ1) is 12.0. The van der Waals surface area contributed by atoms with Gasteiger partial charge in [0.15, 0.2) is 5.69 Å². The number of hydrogen-bond acceptors (Lipinski definition) is 2. The van der Waals surface area contributed by atoms with E-state index in [1.165, 1.54) is 0 Å². The van der Waals surface area contributed by atoms with E-state index >= 15 is 0 Å². The number of aryl methyl sites for hydroxylation is 1. The normalized spacial score (nSPS) is 11.7. The summed E-state index contributed by atoms with van der Waals surface area (Å²) in [5.41, 5.74) is -1.05. The number of hydrogen-bond donors (Lipinski definition) is 1. The summed E-state index contributed by atoms with van der Waals surface area (Å²) in [4.78, 5) is 10.2. The van der Waals surface area contributed by atoms with Gasteiger partial charge in [-0.05, 0) is 15.9 Å². The molecule has 4 nitrogen and oxygen atoms in total. The van der Waals surface area contributed by atoms with E-state index in [0.29, 0.717) is 0 Å². The molecule has 8 heteroatoms. The maximum atomic E-state index is 12.2. The highest BCUT2D eigenvalue weighted by molar-refractivity contribution is 9.10. The van der Waals surface area contributed by atoms with E-state index in [-0.39, 0.29) is 17.4 Å². The summed E-state index contributed by atoms with van der Waals surface area (Å²) in [5, 5.41) is 11.6. The molecule has 0 saturated heterocycles. The smallest absolute Gasteiger partial charge is 0.436 e. The largest absolute Gasteiger partial charge is 0.481 e. The Hall–Kier alpha value is -1.05. The van der Waals surface area contributed by atoms with Crippen LogP contribution in [-0.4, -0.2) is 20.9 Å². The number of aromatic nitrogens is 2. The number of alkyl halides is 3. The summed E-state index contributed by atoms with van der Waals surface area (Å²) in [7, 11) is 0. The number of carbonyl (C=O) groups is 1. The quantitative estimate of drug-likeness (QED) is 0.926. The number of carboxylic acids is 1. The molecule has 0 bridgehead atoms. The maximum Gasteiger partial charge on any atom is 0.436 e. The van der Waals surface area contributed by atoms with Gasteiger partial charge in [0.1, 0.15) is 0 Å². The molecule has 0 atom stereocenters. The van der Waals surface area contributed by atoms with Crippen LogP contribution < -0.4 is 0 Å². The zero-order valence-corrected chi connectivity index (χ0v) is 8.84. The molecule has 0 amide bonds. The van der Waals surface area contributed by atoms with Crippen LogP contribution in [0.25, 0.3) is 0 Å². The predicted molar refractivity (Wildman–Crippen MR) is 47.2 cm³/mol. The summed E-state index contributed by atoms with van der Waals surface area (Å²) >= 11 is 2.71. The third-order valence-electron chi connectivity index (χ3n) is 1.54. The Kier molecular flexibility index (Phi) is 3.38. The summed E-state index contributed by atoms with van der Waals surface area (Å²) in [6.45, 7) is -0.0932. The zero-order valence-electron chi connectivity index (χ0n) is 7.25. The van der Waals surface area contributed by atoms with Crippen molar-refractivity contribution in [3.63, 3.8) is 0 Å². The first-order valence-corrected chi connectivity index (χ1v) is 4.62. The highest BCUT2D eigenvalue weighted by Gasteiger charge is 2.36. The highest BCUT2D eigenvalue weighted by Crippen LogP contribution is 2.33. The summed E-state index contributed by atoms with van der Waals surface area (Å²) in [6, 6.07) is 0. The van der Waals surface area contributed by atoms with Crippen LogP contribution in [0.3, 0.4) is 0 Å². The number of carboxylic acid groups (broad SMARTS) is 1. The van der Waals surface area contributed by atoms with Crippen LogP contribution in [0, 0.1) is 0 Å². The fourth-order valence-electron chi connectivity index (χ4n) is 0.914. The molecule has 1 aromatic heterocycles. The molecule has 0 aliphatic rings. The van der Waals surface area contributed by atoms with E-state index in [2.05, 4.69) is 21.0 Å². The van der Waals surface area contributed by atoms with E-state index < -0.39 is 17.8 Å². The van der Waals surface area contributed by atoms with Crippen molar-refractivity contribution in [1.82, 2.24) is 9.78 Å². The van der Waals surface area contributed by atoms with Gasteiger partial charge < -0.3 is 5.11 Å². The van der Waals surface area contributed by atoms with Gasteiger partial charge in [0.2, 0.25) is 0 Å². The van der Waals surface area contributed by atoms with Crippen LogP contribution in [0.5, 0.6) is 0 Å². The van der Waals surface area contributed by atoms with E-state index in [4.69, 9.17) is 5.11 Å². The molecule has 0 aliphatic heterocycles. The Labute approximate surface area is 90.8 Å². The first-order chi connectivity index (χ1) is 6.80. The Morgan fingerprint density at radius 1 is 1.60 bits per heavy atom. The van der Waals surface area contributed by atoms with Gasteiger partial charge in [-0.3, -0.25) is 9.48 Å². The third-order valence-corrected chi connectivity index (χ3v) is 2.12. The van der Waals surface area contributed by atoms with E-state index in [1.807, 2.05) is 0 Å². The fourth-order valence-corrected chi connectivity index (χ4v) is 1.45. The van der Waals surface area contributed by atoms with Gasteiger partial charge in [-0.2, -0.15) is 18.3 Å². The van der Waals surface area contributed by atoms with Gasteiger partial charge in [-0.1, -0.05) is 0 Å². The van der Waals surface area contributed by atoms with Crippen molar-refractivity contribution < 1.29 is 23.1 Å². The van der Waals surface area contributed by atoms with Crippen LogP contribution in [0.1, 0.15) is 12.1 Å². The Balaban J connectivity index is 2.82. The van der Waals surface area contributed by atoms with Gasteiger partial charge >= 0.3 is 12.1 Å². The van der Waals surface area contributed by atoms with Gasteiger partial charge in [0.25, 0.3) is 0 Å². The first-order valence-electron chi connectivity index (χ1n) is 3.82. The average Bonchev–Trinajstić information content (AvgIpc) is 2.42. The average molecular weight is 287 g/mol. The van der Waals surface area contributed by atoms with Gasteiger partial charge in [0.05, 0.1) is 17.4 Å². The number of halogens is 4. The van der Waals surface area contributed by atoms with Crippen molar-refractivity contribution in [3.8, 4) is 0 Å². The third kappa shape index (κ3) is 3.22. The minimum absolute atomic E-state index is 0.0932. The monoisotopic (exact) mass is 286 g/mol. The molecule has 1 aromatic rings. The number of nitrogens with zero attached hydrogens (tertiary/aromatic N) is 2. The van der Waals surface area contributed by atoms with Crippen molar-refractivity contribution >= 4 is 21.9 Å². The number of rotatable bonds is 3. The van der Waals surface area contributed by atoms with Gasteiger partial charge in [-0.25, -0.2) is 0 Å². The molecule has 1 heterocycles. The minimum Gasteiger partial charge on any atom is -0.481 e. The topological polar surface area (TPSA) is 55.1 Å². The molecule has 0 radical (unpaired) electrons. The lowest BCUT2D eigenvalue weighted by molar-refractivity contribution is -0.142. The van der Waals surface area contributed by atoms with Gasteiger partial charge in [-0.15, -0.1) is 0 Å². The van der Waals surface area contributed by atoms with Crippen molar-refractivity contribution in [3.05, 3.63) is 16.4 Å². The van der Waals surface area contributed by atoms with E-state index in [0.717, 1.165) is 10.9 Å². The Morgan fingerprint density at radius 3 is 2.60 bits per heavy atom. The van der Waals surface area contributed by atoms with Crippen LogP contribution >= 0.6 is 15.9 Å². The molecule has 84 valence electrons. The standard InChI is InChI=1S/C7H6BrF3N2O2/c8-4-3-13(2-1-5(14)15)12-6(4)7(9,10)11/h3H,1-2H2,(H,14,15). The lowest BCUT2D eigenvalue weighted by Gasteiger charge is -2.01. The van der Waals surface area contributed by atoms with Crippen molar-refractivity contribution in [2.24, 2.45) is 0 Å². The van der Waals surface area contributed by atoms with E-state index in [1.54, 1.807) is 0 Å². The summed E-state index contributed by atoms with van der Waals surface area (Å²) < 4.78 is 37.5. The molecule has 15 heavy (non-hydrogen) atoms. The lowest BCUT2D eigenvalue weighted by Crippen LogP contribution is -2.10. The highest BCUT2D eigenvalue weighted by atomic mass is 79.9. The molecule has 0 spiro atoms. The molecule has 1 N–H and O–H groups in total. The molecule has 0 aromatic carbocycles. The molecule has 0 aliphatic carbocycles. The summed E-state index contributed by atoms with van der Waals surface area (Å²) in [5.74, 6) is -1.09. The predicted octanol–water partition coefficient (Wildman–Crippen LogP) is 2.14. The number of aliphatic carboxylic acids is 1. The molecule has 0 fully saturated rings. The van der Waals surface area contributed by atoms with Gasteiger partial charge in [0, 0.05) is 6.20 Å². The molecule has 0 saturated carbocycles. The summed E-state index contributed by atoms with van der Waals surface area (Å²) in [6.07, 6.45) is -3.70. The zero-order chi connectivity index (χ0) is 11.6. The molecule has 1 rings (SSSR count). The minimum atomic E-state index is -4.53. The van der Waals surface area contributed by atoms with Crippen LogP contribution in [0.4, 0.5) is 13.2 Å². The maximum absolute atomic E-state index is 12.2. The second-order valence-corrected chi connectivity index (χ2v) is 3.58. The fraction of sp³-hybridized carbons (Fsp3) is 0.429.